The van der Waals surface area contributed by atoms with Crippen molar-refractivity contribution in [3.05, 3.63) is 0 Å². The van der Waals surface area contributed by atoms with Crippen molar-refractivity contribution in [2.24, 2.45) is 5.73 Å². The third-order valence-corrected chi connectivity index (χ3v) is 2.25. The molecule has 0 spiro atoms. The summed E-state index contributed by atoms with van der Waals surface area (Å²) in [7, 11) is 1.62. The molecule has 0 aromatic rings. The molecule has 0 aromatic heterocycles. The smallest absolute Gasteiger partial charge is 0.239 e. The molecule has 0 aliphatic heterocycles. The van der Waals surface area contributed by atoms with Gasteiger partial charge in [0.15, 0.2) is 0 Å². The van der Waals surface area contributed by atoms with Gasteiger partial charge in [0.05, 0.1) is 6.04 Å². The Kier molecular flexibility index (Phi) is 8.33. The summed E-state index contributed by atoms with van der Waals surface area (Å²) >= 11 is 0. The summed E-state index contributed by atoms with van der Waals surface area (Å²) in [6, 6.07) is -0.414. The monoisotopic (exact) mass is 216 g/mol. The molecule has 0 aliphatic carbocycles. The third-order valence-electron chi connectivity index (χ3n) is 2.25. The van der Waals surface area contributed by atoms with E-state index in [1.165, 1.54) is 0 Å². The van der Waals surface area contributed by atoms with Crippen LogP contribution in [-0.2, 0) is 9.53 Å². The maximum atomic E-state index is 11.9. The van der Waals surface area contributed by atoms with E-state index in [4.69, 9.17) is 10.5 Å². The third kappa shape index (κ3) is 5.74. The number of hydrogen-bond donors (Lipinski definition) is 1. The predicted molar refractivity (Wildman–Crippen MR) is 61.6 cm³/mol. The average Bonchev–Trinajstić information content (AvgIpc) is 2.24. The fourth-order valence-electron chi connectivity index (χ4n) is 1.47. The van der Waals surface area contributed by atoms with Gasteiger partial charge in [0, 0.05) is 26.8 Å². The topological polar surface area (TPSA) is 55.6 Å². The van der Waals surface area contributed by atoms with Crippen LogP contribution < -0.4 is 5.73 Å². The molecule has 0 saturated heterocycles. The van der Waals surface area contributed by atoms with Crippen LogP contribution in [0.2, 0.25) is 0 Å². The van der Waals surface area contributed by atoms with Crippen LogP contribution in [-0.4, -0.2) is 43.7 Å². The Labute approximate surface area is 92.8 Å². The molecular weight excluding hydrogens is 192 g/mol. The van der Waals surface area contributed by atoms with Crippen LogP contribution in [0.3, 0.4) is 0 Å². The molecule has 0 radical (unpaired) electrons. The number of nitrogens with two attached hydrogens (primary N) is 1. The predicted octanol–water partition coefficient (Wildman–Crippen LogP) is 0.999. The Morgan fingerprint density at radius 3 is 2.27 bits per heavy atom. The summed E-state index contributed by atoms with van der Waals surface area (Å²) in [6.45, 7) is 6.27. The maximum absolute atomic E-state index is 11.9. The van der Waals surface area contributed by atoms with E-state index in [0.29, 0.717) is 13.0 Å². The van der Waals surface area contributed by atoms with Crippen LogP contribution >= 0.6 is 0 Å². The van der Waals surface area contributed by atoms with Crippen LogP contribution in [0.25, 0.3) is 0 Å². The van der Waals surface area contributed by atoms with Crippen molar-refractivity contribution < 1.29 is 9.53 Å². The normalized spacial score (nSPS) is 12.5. The highest BCUT2D eigenvalue weighted by Gasteiger charge is 2.19. The van der Waals surface area contributed by atoms with Crippen molar-refractivity contribution in [3.63, 3.8) is 0 Å². The molecular formula is C11H24N2O2. The first-order chi connectivity index (χ1) is 7.17. The number of rotatable bonds is 8. The Hall–Kier alpha value is -0.610. The fourth-order valence-corrected chi connectivity index (χ4v) is 1.47. The minimum atomic E-state index is -0.414. The zero-order valence-corrected chi connectivity index (χ0v) is 10.2. The molecule has 2 N–H and O–H groups in total. The zero-order valence-electron chi connectivity index (χ0n) is 10.2. The molecule has 90 valence electrons. The minimum absolute atomic E-state index is 0.0516. The highest BCUT2D eigenvalue weighted by Crippen LogP contribution is 2.00. The van der Waals surface area contributed by atoms with Crippen molar-refractivity contribution >= 4 is 5.91 Å². The fraction of sp³-hybridized carbons (Fsp3) is 0.909. The van der Waals surface area contributed by atoms with E-state index in [9.17, 15) is 4.79 Å². The van der Waals surface area contributed by atoms with E-state index < -0.39 is 6.04 Å². The summed E-state index contributed by atoms with van der Waals surface area (Å²) in [5.41, 5.74) is 5.79. The lowest BCUT2D eigenvalue weighted by molar-refractivity contribution is -0.133. The number of nitrogens with zero attached hydrogens (tertiary/aromatic N) is 1. The molecule has 1 unspecified atom stereocenters. The molecule has 1 atom stereocenters. The van der Waals surface area contributed by atoms with Gasteiger partial charge in [0.25, 0.3) is 0 Å². The van der Waals surface area contributed by atoms with Gasteiger partial charge in [-0.25, -0.2) is 0 Å². The van der Waals surface area contributed by atoms with Crippen molar-refractivity contribution in [1.29, 1.82) is 0 Å². The van der Waals surface area contributed by atoms with E-state index >= 15 is 0 Å². The van der Waals surface area contributed by atoms with E-state index in [-0.39, 0.29) is 5.91 Å². The SMILES string of the molecule is CCCN(CCC)C(=O)C(N)CCOC. The van der Waals surface area contributed by atoms with Gasteiger partial charge in [-0.05, 0) is 19.3 Å². The van der Waals surface area contributed by atoms with Gasteiger partial charge in [-0.2, -0.15) is 0 Å². The summed E-state index contributed by atoms with van der Waals surface area (Å²) in [4.78, 5) is 13.7. The summed E-state index contributed by atoms with van der Waals surface area (Å²) in [5.74, 6) is 0.0516. The van der Waals surface area contributed by atoms with Crippen LogP contribution in [0.5, 0.6) is 0 Å². The Morgan fingerprint density at radius 2 is 1.87 bits per heavy atom. The molecule has 4 heteroatoms. The van der Waals surface area contributed by atoms with Gasteiger partial charge in [0.2, 0.25) is 5.91 Å². The largest absolute Gasteiger partial charge is 0.385 e. The van der Waals surface area contributed by atoms with E-state index in [1.54, 1.807) is 7.11 Å². The van der Waals surface area contributed by atoms with Crippen molar-refractivity contribution in [2.45, 2.75) is 39.2 Å². The van der Waals surface area contributed by atoms with Gasteiger partial charge >= 0.3 is 0 Å². The molecule has 4 nitrogen and oxygen atoms in total. The molecule has 0 bridgehead atoms. The standard InChI is InChI=1S/C11H24N2O2/c1-4-7-13(8-5-2)11(14)10(12)6-9-15-3/h10H,4-9,12H2,1-3H3. The van der Waals surface area contributed by atoms with Crippen molar-refractivity contribution in [2.75, 3.05) is 26.8 Å². The van der Waals surface area contributed by atoms with E-state index in [2.05, 4.69) is 13.8 Å². The molecule has 0 saturated carbocycles. The second kappa shape index (κ2) is 8.68. The highest BCUT2D eigenvalue weighted by molar-refractivity contribution is 5.81. The number of amides is 1. The maximum Gasteiger partial charge on any atom is 0.239 e. The highest BCUT2D eigenvalue weighted by atomic mass is 16.5. The lowest BCUT2D eigenvalue weighted by Gasteiger charge is -2.24. The first-order valence-corrected chi connectivity index (χ1v) is 5.70. The Morgan fingerprint density at radius 1 is 1.33 bits per heavy atom. The molecule has 0 rings (SSSR count). The lowest BCUT2D eigenvalue weighted by Crippen LogP contribution is -2.44. The van der Waals surface area contributed by atoms with Gasteiger partial charge in [-0.15, -0.1) is 0 Å². The lowest BCUT2D eigenvalue weighted by atomic mass is 10.2. The summed E-state index contributed by atoms with van der Waals surface area (Å²) < 4.78 is 4.91. The van der Waals surface area contributed by atoms with Gasteiger partial charge in [0.1, 0.15) is 0 Å². The molecule has 0 aromatic carbocycles. The molecule has 1 amide bonds. The van der Waals surface area contributed by atoms with Crippen LogP contribution in [0.1, 0.15) is 33.1 Å². The first-order valence-electron chi connectivity index (χ1n) is 5.70. The number of ether oxygens (including phenoxy) is 1. The van der Waals surface area contributed by atoms with E-state index in [1.807, 2.05) is 4.90 Å². The number of carbonyl (C=O) groups excluding carboxylic acids is 1. The number of methoxy groups -OCH3 is 1. The van der Waals surface area contributed by atoms with Crippen molar-refractivity contribution in [3.8, 4) is 0 Å². The van der Waals surface area contributed by atoms with Crippen molar-refractivity contribution in [1.82, 2.24) is 4.90 Å². The molecule has 0 fully saturated rings. The molecule has 0 aliphatic rings. The van der Waals surface area contributed by atoms with E-state index in [0.717, 1.165) is 25.9 Å². The minimum Gasteiger partial charge on any atom is -0.385 e. The Bertz CT molecular complexity index is 168. The van der Waals surface area contributed by atoms with Gasteiger partial charge in [-0.1, -0.05) is 13.8 Å². The molecule has 0 heterocycles. The zero-order chi connectivity index (χ0) is 11.7. The van der Waals surface area contributed by atoms with Gasteiger partial charge in [-0.3, -0.25) is 4.79 Å². The number of carbonyl (C=O) groups is 1. The molecule has 15 heavy (non-hydrogen) atoms. The summed E-state index contributed by atoms with van der Waals surface area (Å²) in [6.07, 6.45) is 2.55. The van der Waals surface area contributed by atoms with Gasteiger partial charge < -0.3 is 15.4 Å². The quantitative estimate of drug-likeness (QED) is 0.658. The average molecular weight is 216 g/mol. The van der Waals surface area contributed by atoms with Crippen LogP contribution in [0, 0.1) is 0 Å². The summed E-state index contributed by atoms with van der Waals surface area (Å²) in [5, 5.41) is 0. The second-order valence-corrected chi connectivity index (χ2v) is 3.71. The second-order valence-electron chi connectivity index (χ2n) is 3.71. The van der Waals surface area contributed by atoms with Crippen LogP contribution in [0.15, 0.2) is 0 Å². The van der Waals surface area contributed by atoms with Crippen LogP contribution in [0.4, 0.5) is 0 Å². The first kappa shape index (κ1) is 14.4. The number of hydrogen-bond acceptors (Lipinski definition) is 3. The Balaban J connectivity index is 4.08.